The Morgan fingerprint density at radius 1 is 0.750 bits per heavy atom. The quantitative estimate of drug-likeness (QED) is 0.475. The number of carboxylic acids is 1. The van der Waals surface area contributed by atoms with Gasteiger partial charge < -0.3 is 24.1 Å². The number of carbonyl (C=O) groups is 2. The van der Waals surface area contributed by atoms with Gasteiger partial charge in [0.25, 0.3) is 0 Å². The van der Waals surface area contributed by atoms with Crippen molar-refractivity contribution in [3.05, 3.63) is 84.4 Å². The molecule has 0 aliphatic rings. The third-order valence-corrected chi connectivity index (χ3v) is 4.82. The number of methoxy groups -OCH3 is 1. The van der Waals surface area contributed by atoms with Gasteiger partial charge in [-0.25, -0.2) is 4.79 Å². The summed E-state index contributed by atoms with van der Waals surface area (Å²) in [5.41, 5.74) is -0.988. The maximum atomic E-state index is 12.1. The van der Waals surface area contributed by atoms with E-state index in [1.807, 2.05) is 30.3 Å². The van der Waals surface area contributed by atoms with E-state index in [9.17, 15) is 14.7 Å². The van der Waals surface area contributed by atoms with E-state index in [0.29, 0.717) is 22.8 Å². The molecule has 0 amide bonds. The number of ether oxygens (including phenoxy) is 4. The van der Waals surface area contributed by atoms with Crippen molar-refractivity contribution in [3.8, 4) is 23.0 Å². The highest BCUT2D eigenvalue weighted by Gasteiger charge is 2.35. The van der Waals surface area contributed by atoms with E-state index in [2.05, 4.69) is 0 Å². The fourth-order valence-corrected chi connectivity index (χ4v) is 2.80. The molecule has 0 radical (unpaired) electrons. The highest BCUT2D eigenvalue weighted by Crippen LogP contribution is 2.27. The van der Waals surface area contributed by atoms with E-state index in [1.165, 1.54) is 14.0 Å². The number of ketones is 1. The summed E-state index contributed by atoms with van der Waals surface area (Å²) in [7, 11) is 1.33. The topological polar surface area (TPSA) is 91.3 Å². The van der Waals surface area contributed by atoms with Crippen molar-refractivity contribution in [3.63, 3.8) is 0 Å². The number of rotatable bonds is 11. The first-order valence-corrected chi connectivity index (χ1v) is 9.90. The van der Waals surface area contributed by atoms with Crippen molar-refractivity contribution >= 4 is 11.8 Å². The number of benzene rings is 3. The Hall–Kier alpha value is -3.84. The van der Waals surface area contributed by atoms with Crippen molar-refractivity contribution in [2.75, 3.05) is 20.3 Å². The Morgan fingerprint density at radius 2 is 1.22 bits per heavy atom. The van der Waals surface area contributed by atoms with Crippen molar-refractivity contribution in [2.45, 2.75) is 12.5 Å². The van der Waals surface area contributed by atoms with Gasteiger partial charge in [0.05, 0.1) is 0 Å². The zero-order chi connectivity index (χ0) is 23.0. The maximum absolute atomic E-state index is 12.1. The SMILES string of the molecule is CO[C@](C)(C(=O)O)c1ccc(OCC(=O)COc2ccc(Oc3ccccc3)cc2)cc1. The van der Waals surface area contributed by atoms with Gasteiger partial charge >= 0.3 is 5.97 Å². The molecule has 1 N–H and O–H groups in total. The number of hydrogen-bond acceptors (Lipinski definition) is 6. The Balaban J connectivity index is 1.45. The van der Waals surface area contributed by atoms with Crippen LogP contribution in [0, 0.1) is 0 Å². The molecule has 0 saturated carbocycles. The highest BCUT2D eigenvalue weighted by atomic mass is 16.5. The molecule has 0 saturated heterocycles. The summed E-state index contributed by atoms with van der Waals surface area (Å²) in [4.78, 5) is 23.5. The number of hydrogen-bond donors (Lipinski definition) is 1. The molecule has 0 bridgehead atoms. The first-order chi connectivity index (χ1) is 15.4. The van der Waals surface area contributed by atoms with Crippen molar-refractivity contribution in [1.29, 1.82) is 0 Å². The fourth-order valence-electron chi connectivity index (χ4n) is 2.80. The van der Waals surface area contributed by atoms with Crippen LogP contribution in [0.2, 0.25) is 0 Å². The molecule has 0 heterocycles. The monoisotopic (exact) mass is 436 g/mol. The summed E-state index contributed by atoms with van der Waals surface area (Å²) < 4.78 is 21.8. The minimum Gasteiger partial charge on any atom is -0.486 e. The van der Waals surface area contributed by atoms with Gasteiger partial charge in [0, 0.05) is 7.11 Å². The molecule has 0 spiro atoms. The number of para-hydroxylation sites is 1. The summed E-state index contributed by atoms with van der Waals surface area (Å²) in [6.45, 7) is 1.15. The van der Waals surface area contributed by atoms with Crippen LogP contribution in [0.1, 0.15) is 12.5 Å². The summed E-state index contributed by atoms with van der Waals surface area (Å²) in [5.74, 6) is 1.03. The largest absolute Gasteiger partial charge is 0.486 e. The summed E-state index contributed by atoms with van der Waals surface area (Å²) >= 11 is 0. The zero-order valence-corrected chi connectivity index (χ0v) is 17.8. The van der Waals surface area contributed by atoms with Crippen LogP contribution >= 0.6 is 0 Å². The highest BCUT2D eigenvalue weighted by molar-refractivity contribution is 5.81. The van der Waals surface area contributed by atoms with Gasteiger partial charge in [-0.15, -0.1) is 0 Å². The number of Topliss-reactive ketones (excluding diaryl/α,β-unsaturated/α-hetero) is 1. The van der Waals surface area contributed by atoms with Crippen LogP contribution in [0.5, 0.6) is 23.0 Å². The molecule has 0 unspecified atom stereocenters. The van der Waals surface area contributed by atoms with E-state index in [-0.39, 0.29) is 19.0 Å². The van der Waals surface area contributed by atoms with Crippen LogP contribution < -0.4 is 14.2 Å². The number of aliphatic carboxylic acids is 1. The van der Waals surface area contributed by atoms with Gasteiger partial charge in [0.15, 0.2) is 5.60 Å². The zero-order valence-electron chi connectivity index (χ0n) is 17.8. The van der Waals surface area contributed by atoms with E-state index < -0.39 is 11.6 Å². The number of carboxylic acid groups (broad SMARTS) is 1. The molecule has 1 atom stereocenters. The Bertz CT molecular complexity index is 1030. The second kappa shape index (κ2) is 10.5. The molecular formula is C25H24O7. The van der Waals surface area contributed by atoms with Crippen LogP contribution in [-0.2, 0) is 19.9 Å². The maximum Gasteiger partial charge on any atom is 0.340 e. The number of carbonyl (C=O) groups excluding carboxylic acids is 1. The first-order valence-electron chi connectivity index (χ1n) is 9.90. The molecule has 0 fully saturated rings. The smallest absolute Gasteiger partial charge is 0.340 e. The second-order valence-electron chi connectivity index (χ2n) is 7.07. The minimum absolute atomic E-state index is 0.141. The lowest BCUT2D eigenvalue weighted by Gasteiger charge is -2.23. The third-order valence-electron chi connectivity index (χ3n) is 4.82. The van der Waals surface area contributed by atoms with Crippen LogP contribution in [-0.4, -0.2) is 37.2 Å². The Kier molecular flexibility index (Phi) is 7.46. The van der Waals surface area contributed by atoms with Gasteiger partial charge in [0.2, 0.25) is 5.78 Å². The van der Waals surface area contributed by atoms with Crippen molar-refractivity contribution in [2.24, 2.45) is 0 Å². The molecule has 3 rings (SSSR count). The molecule has 3 aromatic carbocycles. The molecule has 7 heteroatoms. The normalized spacial score (nSPS) is 12.4. The average Bonchev–Trinajstić information content (AvgIpc) is 2.82. The van der Waals surface area contributed by atoms with Gasteiger partial charge in [-0.1, -0.05) is 30.3 Å². The lowest BCUT2D eigenvalue weighted by Crippen LogP contribution is -2.34. The predicted octanol–water partition coefficient (Wildman–Crippen LogP) is 4.45. The Labute approximate surface area is 186 Å². The lowest BCUT2D eigenvalue weighted by molar-refractivity contribution is -0.161. The molecule has 7 nitrogen and oxygen atoms in total. The Morgan fingerprint density at radius 3 is 1.72 bits per heavy atom. The van der Waals surface area contributed by atoms with Crippen LogP contribution in [0.15, 0.2) is 78.9 Å². The molecule has 32 heavy (non-hydrogen) atoms. The van der Waals surface area contributed by atoms with E-state index in [0.717, 1.165) is 5.75 Å². The fraction of sp³-hybridized carbons (Fsp3) is 0.200. The standard InChI is InChI=1S/C25H24O7/c1-25(29-2,24(27)28)18-8-10-20(11-9-18)30-16-19(26)17-31-21-12-14-23(15-13-21)32-22-6-4-3-5-7-22/h3-15H,16-17H2,1-2H3,(H,27,28)/t25-/m0/s1. The van der Waals surface area contributed by atoms with Gasteiger partial charge in [-0.3, -0.25) is 4.79 Å². The van der Waals surface area contributed by atoms with Crippen molar-refractivity contribution in [1.82, 2.24) is 0 Å². The predicted molar refractivity (Wildman–Crippen MR) is 117 cm³/mol. The van der Waals surface area contributed by atoms with Crippen LogP contribution in [0.3, 0.4) is 0 Å². The average molecular weight is 436 g/mol. The summed E-state index contributed by atoms with van der Waals surface area (Å²) in [6.07, 6.45) is 0. The molecular weight excluding hydrogens is 412 g/mol. The van der Waals surface area contributed by atoms with E-state index in [4.69, 9.17) is 18.9 Å². The summed E-state index contributed by atoms with van der Waals surface area (Å²) in [5, 5.41) is 9.34. The third kappa shape index (κ3) is 5.86. The van der Waals surface area contributed by atoms with Crippen LogP contribution in [0.4, 0.5) is 0 Å². The molecule has 3 aromatic rings. The molecule has 0 aliphatic carbocycles. The summed E-state index contributed by atoms with van der Waals surface area (Å²) in [6, 6.07) is 22.7. The first kappa shape index (κ1) is 22.8. The van der Waals surface area contributed by atoms with Crippen LogP contribution in [0.25, 0.3) is 0 Å². The minimum atomic E-state index is -1.45. The lowest BCUT2D eigenvalue weighted by atomic mass is 9.96. The molecule has 0 aromatic heterocycles. The molecule has 0 aliphatic heterocycles. The van der Waals surface area contributed by atoms with Gasteiger partial charge in [-0.2, -0.15) is 0 Å². The van der Waals surface area contributed by atoms with E-state index >= 15 is 0 Å². The van der Waals surface area contributed by atoms with Gasteiger partial charge in [-0.05, 0) is 61.0 Å². The van der Waals surface area contributed by atoms with Gasteiger partial charge in [0.1, 0.15) is 36.2 Å². The van der Waals surface area contributed by atoms with E-state index in [1.54, 1.807) is 48.5 Å². The van der Waals surface area contributed by atoms with Crippen molar-refractivity contribution < 1.29 is 33.6 Å². The molecule has 166 valence electrons. The second-order valence-corrected chi connectivity index (χ2v) is 7.07.